The smallest absolute Gasteiger partial charge is 0.139 e. The Morgan fingerprint density at radius 1 is 1.32 bits per heavy atom. The maximum absolute atomic E-state index is 5.72. The SMILES string of the molecule is Cc1cc(Br)cc2cn(COCC[Si-](C)(C)C)nc12. The molecule has 0 unspecified atom stereocenters. The number of aryl methyl sites for hydroxylation is 1. The Morgan fingerprint density at radius 3 is 2.74 bits per heavy atom. The summed E-state index contributed by atoms with van der Waals surface area (Å²) < 4.78 is 8.70. The first-order chi connectivity index (χ1) is 8.85. The zero-order valence-corrected chi connectivity index (χ0v) is 14.6. The number of hydrogen-bond acceptors (Lipinski definition) is 2. The molecule has 0 amide bonds. The fourth-order valence-electron chi connectivity index (χ4n) is 1.92. The molecular formula is C14H21BrN2OSi-. The normalized spacial score (nSPS) is 12.3. The lowest BCUT2D eigenvalue weighted by Crippen LogP contribution is -2.22. The van der Waals surface area contributed by atoms with Gasteiger partial charge in [0.25, 0.3) is 0 Å². The maximum Gasteiger partial charge on any atom is 0.139 e. The second kappa shape index (κ2) is 5.77. The monoisotopic (exact) mass is 340 g/mol. The van der Waals surface area contributed by atoms with Gasteiger partial charge in [0.15, 0.2) is 0 Å². The van der Waals surface area contributed by atoms with E-state index in [0.29, 0.717) is 6.73 Å². The third-order valence-electron chi connectivity index (χ3n) is 3.03. The molecule has 0 aliphatic heterocycles. The molecule has 0 N–H and O–H groups in total. The number of halogens is 1. The summed E-state index contributed by atoms with van der Waals surface area (Å²) in [5.74, 6) is 0. The van der Waals surface area contributed by atoms with Crippen LogP contribution in [-0.2, 0) is 11.5 Å². The standard InChI is InChI=1S/C14H21BrN2OSi/c1-11-7-13(15)8-12-9-17(16-14(11)12)10-18-5-6-19(2,3)4/h7-9H,5-6,10H2,1-4H3/q-1. The lowest BCUT2D eigenvalue weighted by Gasteiger charge is -2.26. The topological polar surface area (TPSA) is 27.1 Å². The first kappa shape index (κ1) is 14.7. The molecule has 1 aromatic carbocycles. The van der Waals surface area contributed by atoms with E-state index in [-0.39, 0.29) is 0 Å². The van der Waals surface area contributed by atoms with Crippen LogP contribution >= 0.6 is 15.9 Å². The third-order valence-corrected chi connectivity index (χ3v) is 5.19. The summed E-state index contributed by atoms with van der Waals surface area (Å²) in [4.78, 5) is 0. The molecule has 0 saturated carbocycles. The van der Waals surface area contributed by atoms with Crippen LogP contribution < -0.4 is 0 Å². The van der Waals surface area contributed by atoms with Crippen molar-refractivity contribution in [2.75, 3.05) is 6.61 Å². The molecule has 105 valence electrons. The summed E-state index contributed by atoms with van der Waals surface area (Å²) in [6, 6.07) is 5.37. The summed E-state index contributed by atoms with van der Waals surface area (Å²) in [6.07, 6.45) is 2.04. The number of hydrogen-bond donors (Lipinski definition) is 0. The Balaban J connectivity index is 2.00. The molecule has 1 heterocycles. The number of rotatable bonds is 5. The van der Waals surface area contributed by atoms with Crippen molar-refractivity contribution < 1.29 is 4.74 Å². The van der Waals surface area contributed by atoms with Gasteiger partial charge in [-0.2, -0.15) is 24.7 Å². The van der Waals surface area contributed by atoms with E-state index < -0.39 is 8.07 Å². The van der Waals surface area contributed by atoms with E-state index in [1.807, 2.05) is 10.9 Å². The minimum absolute atomic E-state index is 0.538. The molecule has 0 fully saturated rings. The highest BCUT2D eigenvalue weighted by Crippen LogP contribution is 2.22. The van der Waals surface area contributed by atoms with Crippen molar-refractivity contribution in [1.82, 2.24) is 9.78 Å². The Morgan fingerprint density at radius 2 is 2.05 bits per heavy atom. The average Bonchev–Trinajstić information content (AvgIpc) is 2.66. The van der Waals surface area contributed by atoms with Crippen molar-refractivity contribution >= 4 is 34.9 Å². The predicted molar refractivity (Wildman–Crippen MR) is 86.3 cm³/mol. The summed E-state index contributed by atoms with van der Waals surface area (Å²) in [5, 5.41) is 5.72. The Bertz CT molecular complexity index is 575. The fourth-order valence-corrected chi connectivity index (χ4v) is 3.26. The molecule has 0 atom stereocenters. The highest BCUT2D eigenvalue weighted by Gasteiger charge is 2.05. The average molecular weight is 341 g/mol. The van der Waals surface area contributed by atoms with Gasteiger partial charge in [-0.1, -0.05) is 15.9 Å². The predicted octanol–water partition coefficient (Wildman–Crippen LogP) is 4.42. The van der Waals surface area contributed by atoms with Gasteiger partial charge in [-0.05, 0) is 24.6 Å². The van der Waals surface area contributed by atoms with E-state index in [9.17, 15) is 0 Å². The Kier molecular flexibility index (Phi) is 4.48. The van der Waals surface area contributed by atoms with Crippen molar-refractivity contribution in [3.63, 3.8) is 0 Å². The second-order valence-electron chi connectivity index (χ2n) is 6.18. The van der Waals surface area contributed by atoms with Crippen molar-refractivity contribution in [3.8, 4) is 0 Å². The molecule has 1 aromatic heterocycles. The molecule has 0 saturated heterocycles. The number of aromatic nitrogens is 2. The first-order valence-electron chi connectivity index (χ1n) is 6.56. The van der Waals surface area contributed by atoms with Crippen molar-refractivity contribution in [2.24, 2.45) is 0 Å². The van der Waals surface area contributed by atoms with Crippen molar-refractivity contribution in [1.29, 1.82) is 0 Å². The second-order valence-corrected chi connectivity index (χ2v) is 12.7. The Labute approximate surface area is 124 Å². The van der Waals surface area contributed by atoms with Gasteiger partial charge in [-0.25, -0.2) is 4.68 Å². The fraction of sp³-hybridized carbons (Fsp3) is 0.500. The van der Waals surface area contributed by atoms with E-state index >= 15 is 0 Å². The number of nitrogens with zero attached hydrogens (tertiary/aromatic N) is 2. The molecule has 3 nitrogen and oxygen atoms in total. The van der Waals surface area contributed by atoms with Gasteiger partial charge in [0.1, 0.15) is 6.73 Å². The van der Waals surface area contributed by atoms with Gasteiger partial charge in [0.2, 0.25) is 0 Å². The van der Waals surface area contributed by atoms with Gasteiger partial charge in [0, 0.05) is 22.7 Å². The molecule has 0 bridgehead atoms. The van der Waals surface area contributed by atoms with Crippen LogP contribution in [0.4, 0.5) is 0 Å². The summed E-state index contributed by atoms with van der Waals surface area (Å²) in [6.45, 7) is 10.5. The van der Waals surface area contributed by atoms with Crippen LogP contribution in [0.15, 0.2) is 22.8 Å². The van der Waals surface area contributed by atoms with E-state index in [2.05, 4.69) is 59.7 Å². The number of ether oxygens (including phenoxy) is 1. The zero-order chi connectivity index (χ0) is 14.0. The van der Waals surface area contributed by atoms with Gasteiger partial charge < -0.3 is 4.74 Å². The van der Waals surface area contributed by atoms with Crippen LogP contribution in [0, 0.1) is 6.92 Å². The van der Waals surface area contributed by atoms with E-state index in [1.165, 1.54) is 11.6 Å². The van der Waals surface area contributed by atoms with Crippen molar-refractivity contribution in [2.45, 2.75) is 39.3 Å². The lowest BCUT2D eigenvalue weighted by atomic mass is 10.2. The molecule has 0 aliphatic carbocycles. The van der Waals surface area contributed by atoms with Gasteiger partial charge >= 0.3 is 0 Å². The van der Waals surface area contributed by atoms with E-state index in [0.717, 1.165) is 22.0 Å². The number of benzene rings is 1. The van der Waals surface area contributed by atoms with Gasteiger partial charge in [-0.15, -0.1) is 14.1 Å². The van der Waals surface area contributed by atoms with Gasteiger partial charge in [0.05, 0.1) is 5.52 Å². The summed E-state index contributed by atoms with van der Waals surface area (Å²) >= 11 is 3.51. The van der Waals surface area contributed by atoms with E-state index in [1.54, 1.807) is 0 Å². The highest BCUT2D eigenvalue weighted by atomic mass is 79.9. The molecule has 2 rings (SSSR count). The van der Waals surface area contributed by atoms with E-state index in [4.69, 9.17) is 4.74 Å². The largest absolute Gasteiger partial charge is 0.362 e. The van der Waals surface area contributed by atoms with Crippen LogP contribution in [0.2, 0.25) is 25.7 Å². The summed E-state index contributed by atoms with van der Waals surface area (Å²) in [5.41, 5.74) is 2.24. The lowest BCUT2D eigenvalue weighted by molar-refractivity contribution is 0.0791. The molecule has 5 heteroatoms. The van der Waals surface area contributed by atoms with Crippen LogP contribution in [0.25, 0.3) is 10.9 Å². The molecule has 2 aromatic rings. The molecule has 0 aliphatic rings. The highest BCUT2D eigenvalue weighted by molar-refractivity contribution is 9.10. The molecule has 19 heavy (non-hydrogen) atoms. The molecular weight excluding hydrogens is 320 g/mol. The maximum atomic E-state index is 5.72. The molecule has 0 spiro atoms. The van der Waals surface area contributed by atoms with Crippen LogP contribution in [0.5, 0.6) is 0 Å². The van der Waals surface area contributed by atoms with Crippen molar-refractivity contribution in [3.05, 3.63) is 28.4 Å². The first-order valence-corrected chi connectivity index (χ1v) is 11.1. The third kappa shape index (κ3) is 4.16. The van der Waals surface area contributed by atoms with Gasteiger partial charge in [-0.3, -0.25) is 0 Å². The number of fused-ring (bicyclic) bond motifs is 1. The molecule has 0 radical (unpaired) electrons. The van der Waals surface area contributed by atoms with Crippen LogP contribution in [0.1, 0.15) is 5.56 Å². The van der Waals surface area contributed by atoms with Crippen LogP contribution in [0.3, 0.4) is 0 Å². The zero-order valence-electron chi connectivity index (χ0n) is 12.0. The quantitative estimate of drug-likeness (QED) is 0.595. The minimum Gasteiger partial charge on any atom is -0.362 e. The minimum atomic E-state index is -1.00. The van der Waals surface area contributed by atoms with Crippen LogP contribution in [-0.4, -0.2) is 24.5 Å². The Hall–Kier alpha value is -0.653. The summed E-state index contributed by atoms with van der Waals surface area (Å²) in [7, 11) is -1.00.